The summed E-state index contributed by atoms with van der Waals surface area (Å²) in [5, 5.41) is 0. The molecule has 0 heterocycles. The maximum Gasteiger partial charge on any atom is 0.148 e. The Morgan fingerprint density at radius 1 is 1.00 bits per heavy atom. The molecule has 0 bridgehead atoms. The molecule has 1 rings (SSSR count). The van der Waals surface area contributed by atoms with Crippen LogP contribution in [-0.2, 0) is 21.1 Å². The van der Waals surface area contributed by atoms with E-state index in [1.54, 1.807) is 0 Å². The molecule has 0 unspecified atom stereocenters. The molecule has 0 radical (unpaired) electrons. The minimum atomic E-state index is -0.925. The van der Waals surface area contributed by atoms with Gasteiger partial charge in [-0.05, 0) is 12.8 Å². The third-order valence-electron chi connectivity index (χ3n) is 2.01. The molecule has 0 spiro atoms. The average molecular weight is 378 g/mol. The van der Waals surface area contributed by atoms with Gasteiger partial charge >= 0.3 is 0 Å². The number of nitrogens with two attached hydrogens (primary N) is 2. The van der Waals surface area contributed by atoms with Crippen molar-refractivity contribution in [2.45, 2.75) is 35.7 Å². The molecule has 0 aromatic rings. The Balaban J connectivity index is 0.000001000. The van der Waals surface area contributed by atoms with E-state index in [9.17, 15) is 0 Å². The van der Waals surface area contributed by atoms with Crippen LogP contribution >= 0.6 is 23.2 Å². The molecule has 70 valence electrons. The molecular weight excluding hydrogens is 366 g/mol. The SMILES string of the molecule is NC1(N)CCCCC1(Cl)Cl.[Pt]. The Morgan fingerprint density at radius 2 is 1.45 bits per heavy atom. The van der Waals surface area contributed by atoms with E-state index in [4.69, 9.17) is 34.7 Å². The maximum atomic E-state index is 5.88. The molecule has 1 aliphatic carbocycles. The summed E-state index contributed by atoms with van der Waals surface area (Å²) < 4.78 is -0.925. The van der Waals surface area contributed by atoms with E-state index in [2.05, 4.69) is 0 Å². The van der Waals surface area contributed by atoms with Crippen molar-refractivity contribution in [3.63, 3.8) is 0 Å². The Morgan fingerprint density at radius 3 is 1.73 bits per heavy atom. The molecule has 0 aromatic heterocycles. The monoisotopic (exact) mass is 377 g/mol. The van der Waals surface area contributed by atoms with Crippen molar-refractivity contribution >= 4 is 23.2 Å². The van der Waals surface area contributed by atoms with Gasteiger partial charge in [-0.25, -0.2) is 0 Å². The second-order valence-corrected chi connectivity index (χ2v) is 4.44. The first-order valence-corrected chi connectivity index (χ1v) is 4.17. The van der Waals surface area contributed by atoms with E-state index in [1.807, 2.05) is 0 Å². The van der Waals surface area contributed by atoms with E-state index in [1.165, 1.54) is 0 Å². The van der Waals surface area contributed by atoms with Crippen molar-refractivity contribution < 1.29 is 21.1 Å². The molecule has 1 fully saturated rings. The van der Waals surface area contributed by atoms with Gasteiger partial charge in [-0.3, -0.25) is 0 Å². The van der Waals surface area contributed by atoms with Crippen LogP contribution in [0.3, 0.4) is 0 Å². The summed E-state index contributed by atoms with van der Waals surface area (Å²) in [6.07, 6.45) is 3.44. The van der Waals surface area contributed by atoms with Crippen molar-refractivity contribution in [1.29, 1.82) is 0 Å². The fraction of sp³-hybridized carbons (Fsp3) is 1.00. The standard InChI is InChI=1S/C6H12Cl2N2.Pt/c7-5(8)3-1-2-4-6(5,9)10;/h1-4,9-10H2;. The predicted octanol–water partition coefficient (Wildman–Crippen LogP) is 1.35. The van der Waals surface area contributed by atoms with Crippen molar-refractivity contribution in [2.24, 2.45) is 11.5 Å². The summed E-state index contributed by atoms with van der Waals surface area (Å²) >= 11 is 11.8. The maximum absolute atomic E-state index is 5.88. The van der Waals surface area contributed by atoms with E-state index < -0.39 is 10.00 Å². The van der Waals surface area contributed by atoms with Crippen molar-refractivity contribution in [3.05, 3.63) is 0 Å². The summed E-state index contributed by atoms with van der Waals surface area (Å²) in [6.45, 7) is 0. The molecular formula is C6H12Cl2N2Pt. The Labute approximate surface area is 91.2 Å². The summed E-state index contributed by atoms with van der Waals surface area (Å²) in [5.41, 5.74) is 10.4. The van der Waals surface area contributed by atoms with Gasteiger partial charge in [0.05, 0.1) is 5.66 Å². The molecule has 0 aromatic carbocycles. The van der Waals surface area contributed by atoms with Gasteiger partial charge in [0.1, 0.15) is 4.33 Å². The van der Waals surface area contributed by atoms with Crippen LogP contribution in [0.4, 0.5) is 0 Å². The number of hydrogen-bond donors (Lipinski definition) is 2. The first kappa shape index (κ1) is 12.2. The van der Waals surface area contributed by atoms with Gasteiger partial charge in [-0.2, -0.15) is 0 Å². The Bertz CT molecular complexity index is 123. The zero-order chi connectivity index (χ0) is 7.83. The molecule has 4 N–H and O–H groups in total. The third-order valence-corrected chi connectivity index (χ3v) is 3.09. The van der Waals surface area contributed by atoms with E-state index >= 15 is 0 Å². The van der Waals surface area contributed by atoms with Crippen LogP contribution in [0.25, 0.3) is 0 Å². The van der Waals surface area contributed by atoms with Gasteiger partial charge in [0.25, 0.3) is 0 Å². The number of hydrogen-bond acceptors (Lipinski definition) is 2. The van der Waals surface area contributed by atoms with Gasteiger partial charge in [-0.15, -0.1) is 0 Å². The first-order chi connectivity index (χ1) is 4.46. The minimum Gasteiger partial charge on any atom is -0.311 e. The fourth-order valence-electron chi connectivity index (χ4n) is 1.18. The zero-order valence-corrected chi connectivity index (χ0v) is 9.84. The van der Waals surface area contributed by atoms with E-state index in [-0.39, 0.29) is 21.1 Å². The molecule has 0 aliphatic heterocycles. The first-order valence-electron chi connectivity index (χ1n) is 3.41. The fourth-order valence-corrected chi connectivity index (χ4v) is 1.64. The molecule has 11 heavy (non-hydrogen) atoms. The topological polar surface area (TPSA) is 52.0 Å². The van der Waals surface area contributed by atoms with Gasteiger partial charge < -0.3 is 11.5 Å². The number of alkyl halides is 2. The van der Waals surface area contributed by atoms with Gasteiger partial charge in [0.15, 0.2) is 0 Å². The van der Waals surface area contributed by atoms with Gasteiger partial charge in [0, 0.05) is 21.1 Å². The molecule has 0 atom stereocenters. The predicted molar refractivity (Wildman–Crippen MR) is 44.0 cm³/mol. The molecule has 1 saturated carbocycles. The molecule has 1 aliphatic rings. The number of rotatable bonds is 0. The van der Waals surface area contributed by atoms with Crippen LogP contribution in [-0.4, -0.2) is 10.00 Å². The van der Waals surface area contributed by atoms with Crippen LogP contribution in [0.15, 0.2) is 0 Å². The third kappa shape index (κ3) is 2.57. The second kappa shape index (κ2) is 3.93. The van der Waals surface area contributed by atoms with Crippen LogP contribution in [0, 0.1) is 0 Å². The summed E-state index contributed by atoms with van der Waals surface area (Å²) in [6, 6.07) is 0. The summed E-state index contributed by atoms with van der Waals surface area (Å²) in [4.78, 5) is 0. The average Bonchev–Trinajstić information content (AvgIpc) is 1.77. The Kier molecular flexibility index (Phi) is 4.36. The molecule has 2 nitrogen and oxygen atoms in total. The minimum absolute atomic E-state index is 0. The van der Waals surface area contributed by atoms with Crippen molar-refractivity contribution in [1.82, 2.24) is 0 Å². The largest absolute Gasteiger partial charge is 0.311 e. The van der Waals surface area contributed by atoms with Gasteiger partial charge in [-0.1, -0.05) is 36.0 Å². The van der Waals surface area contributed by atoms with Crippen LogP contribution < -0.4 is 11.5 Å². The summed E-state index contributed by atoms with van der Waals surface area (Å²) in [5.74, 6) is 0. The normalized spacial score (nSPS) is 27.3. The molecule has 0 saturated heterocycles. The van der Waals surface area contributed by atoms with Gasteiger partial charge in [0.2, 0.25) is 0 Å². The van der Waals surface area contributed by atoms with Crippen LogP contribution in [0.2, 0.25) is 0 Å². The van der Waals surface area contributed by atoms with Crippen LogP contribution in [0.1, 0.15) is 25.7 Å². The van der Waals surface area contributed by atoms with Crippen molar-refractivity contribution in [3.8, 4) is 0 Å². The second-order valence-electron chi connectivity index (χ2n) is 2.95. The van der Waals surface area contributed by atoms with E-state index in [0.717, 1.165) is 12.8 Å². The number of halogens is 2. The van der Waals surface area contributed by atoms with Crippen molar-refractivity contribution in [2.75, 3.05) is 0 Å². The zero-order valence-electron chi connectivity index (χ0n) is 6.06. The van der Waals surface area contributed by atoms with Crippen LogP contribution in [0.5, 0.6) is 0 Å². The molecule has 5 heteroatoms. The molecule has 0 amide bonds. The quantitative estimate of drug-likeness (QED) is 0.494. The van der Waals surface area contributed by atoms with E-state index in [0.29, 0.717) is 12.8 Å². The summed E-state index contributed by atoms with van der Waals surface area (Å²) in [7, 11) is 0. The smallest absolute Gasteiger partial charge is 0.148 e. The Hall–Kier alpha value is 1.19.